The average Bonchev–Trinajstić information content (AvgIpc) is 2.38. The molecule has 18 heavy (non-hydrogen) atoms. The fourth-order valence-corrected chi connectivity index (χ4v) is 2.30. The standard InChI is InChI=1S/C16H20N2/c1-11-7-8-14(12(2)10-11)16(17)13(3)15-6-4-5-9-18-15/h4-10,13,16H,17H2,1-3H3. The fraction of sp³-hybridized carbons (Fsp3) is 0.312. The Bertz CT molecular complexity index is 520. The Hall–Kier alpha value is -1.67. The number of pyridine rings is 1. The molecule has 1 aromatic heterocycles. The molecule has 0 bridgehead atoms. The van der Waals surface area contributed by atoms with Crippen molar-refractivity contribution in [1.29, 1.82) is 0 Å². The summed E-state index contributed by atoms with van der Waals surface area (Å²) < 4.78 is 0. The molecule has 2 N–H and O–H groups in total. The second kappa shape index (κ2) is 5.32. The lowest BCUT2D eigenvalue weighted by atomic mass is 9.89. The molecule has 0 aliphatic rings. The Morgan fingerprint density at radius 3 is 2.50 bits per heavy atom. The zero-order chi connectivity index (χ0) is 13.1. The van der Waals surface area contributed by atoms with Gasteiger partial charge < -0.3 is 5.73 Å². The summed E-state index contributed by atoms with van der Waals surface area (Å²) in [7, 11) is 0. The van der Waals surface area contributed by atoms with Gasteiger partial charge in [0, 0.05) is 23.9 Å². The monoisotopic (exact) mass is 240 g/mol. The third-order valence-corrected chi connectivity index (χ3v) is 3.48. The van der Waals surface area contributed by atoms with E-state index in [0.29, 0.717) is 0 Å². The third kappa shape index (κ3) is 2.59. The van der Waals surface area contributed by atoms with E-state index in [9.17, 15) is 0 Å². The van der Waals surface area contributed by atoms with E-state index in [1.807, 2.05) is 24.4 Å². The predicted octanol–water partition coefficient (Wildman–Crippen LogP) is 3.50. The summed E-state index contributed by atoms with van der Waals surface area (Å²) in [6.45, 7) is 6.35. The maximum Gasteiger partial charge on any atom is 0.0450 e. The molecule has 0 radical (unpaired) electrons. The van der Waals surface area contributed by atoms with Crippen LogP contribution in [-0.2, 0) is 0 Å². The van der Waals surface area contributed by atoms with Gasteiger partial charge in [-0.3, -0.25) is 4.98 Å². The largest absolute Gasteiger partial charge is 0.323 e. The van der Waals surface area contributed by atoms with Crippen LogP contribution in [0.2, 0.25) is 0 Å². The van der Waals surface area contributed by atoms with E-state index in [1.165, 1.54) is 16.7 Å². The van der Waals surface area contributed by atoms with Crippen LogP contribution in [-0.4, -0.2) is 4.98 Å². The maximum atomic E-state index is 6.38. The van der Waals surface area contributed by atoms with Crippen LogP contribution >= 0.6 is 0 Å². The van der Waals surface area contributed by atoms with E-state index in [2.05, 4.69) is 44.0 Å². The van der Waals surface area contributed by atoms with Crippen molar-refractivity contribution in [2.75, 3.05) is 0 Å². The van der Waals surface area contributed by atoms with Crippen LogP contribution in [0.3, 0.4) is 0 Å². The molecule has 0 aliphatic heterocycles. The topological polar surface area (TPSA) is 38.9 Å². The lowest BCUT2D eigenvalue weighted by Crippen LogP contribution is -2.19. The highest BCUT2D eigenvalue weighted by atomic mass is 14.7. The molecular weight excluding hydrogens is 220 g/mol. The molecule has 0 spiro atoms. The Kier molecular flexibility index (Phi) is 3.78. The van der Waals surface area contributed by atoms with Crippen LogP contribution in [0.5, 0.6) is 0 Å². The summed E-state index contributed by atoms with van der Waals surface area (Å²) in [4.78, 5) is 4.39. The Morgan fingerprint density at radius 1 is 1.11 bits per heavy atom. The van der Waals surface area contributed by atoms with Crippen LogP contribution in [0.15, 0.2) is 42.6 Å². The third-order valence-electron chi connectivity index (χ3n) is 3.48. The van der Waals surface area contributed by atoms with E-state index in [-0.39, 0.29) is 12.0 Å². The molecule has 0 amide bonds. The van der Waals surface area contributed by atoms with Gasteiger partial charge in [-0.05, 0) is 37.1 Å². The molecule has 0 fully saturated rings. The van der Waals surface area contributed by atoms with Gasteiger partial charge in [-0.2, -0.15) is 0 Å². The number of aromatic nitrogens is 1. The first-order valence-electron chi connectivity index (χ1n) is 6.33. The molecule has 2 nitrogen and oxygen atoms in total. The number of rotatable bonds is 3. The number of nitrogens with two attached hydrogens (primary N) is 1. The molecule has 0 saturated heterocycles. The van der Waals surface area contributed by atoms with Gasteiger partial charge in [0.15, 0.2) is 0 Å². The van der Waals surface area contributed by atoms with Crippen LogP contribution in [0.25, 0.3) is 0 Å². The average molecular weight is 240 g/mol. The molecule has 2 atom stereocenters. The van der Waals surface area contributed by atoms with Gasteiger partial charge in [0.1, 0.15) is 0 Å². The van der Waals surface area contributed by atoms with E-state index >= 15 is 0 Å². The zero-order valence-corrected chi connectivity index (χ0v) is 11.2. The van der Waals surface area contributed by atoms with E-state index in [1.54, 1.807) is 0 Å². The number of hydrogen-bond donors (Lipinski definition) is 1. The van der Waals surface area contributed by atoms with Crippen molar-refractivity contribution >= 4 is 0 Å². The van der Waals surface area contributed by atoms with E-state index in [4.69, 9.17) is 5.73 Å². The molecule has 2 unspecified atom stereocenters. The maximum absolute atomic E-state index is 6.38. The summed E-state index contributed by atoms with van der Waals surface area (Å²) in [5.74, 6) is 0.215. The highest BCUT2D eigenvalue weighted by Gasteiger charge is 2.19. The van der Waals surface area contributed by atoms with Crippen molar-refractivity contribution in [3.8, 4) is 0 Å². The first-order chi connectivity index (χ1) is 8.59. The molecule has 0 saturated carbocycles. The molecule has 0 aliphatic carbocycles. The lowest BCUT2D eigenvalue weighted by molar-refractivity contribution is 0.581. The Labute approximate surface area is 109 Å². The minimum Gasteiger partial charge on any atom is -0.323 e. The molecule has 2 aromatic rings. The highest BCUT2D eigenvalue weighted by Crippen LogP contribution is 2.29. The van der Waals surface area contributed by atoms with Crippen LogP contribution in [0.4, 0.5) is 0 Å². The van der Waals surface area contributed by atoms with Crippen molar-refractivity contribution in [3.05, 3.63) is 65.0 Å². The Balaban J connectivity index is 2.28. The number of aryl methyl sites for hydroxylation is 2. The van der Waals surface area contributed by atoms with Crippen molar-refractivity contribution in [3.63, 3.8) is 0 Å². The van der Waals surface area contributed by atoms with Crippen molar-refractivity contribution in [2.45, 2.75) is 32.7 Å². The molecule has 1 aromatic carbocycles. The predicted molar refractivity (Wildman–Crippen MR) is 75.5 cm³/mol. The van der Waals surface area contributed by atoms with Crippen LogP contribution in [0, 0.1) is 13.8 Å². The fourth-order valence-electron chi connectivity index (χ4n) is 2.30. The molecule has 2 rings (SSSR count). The van der Waals surface area contributed by atoms with Crippen molar-refractivity contribution in [2.24, 2.45) is 5.73 Å². The summed E-state index contributed by atoms with van der Waals surface area (Å²) >= 11 is 0. The first-order valence-corrected chi connectivity index (χ1v) is 6.33. The lowest BCUT2D eigenvalue weighted by Gasteiger charge is -2.21. The van der Waals surface area contributed by atoms with Gasteiger partial charge in [-0.25, -0.2) is 0 Å². The Morgan fingerprint density at radius 2 is 1.89 bits per heavy atom. The minimum atomic E-state index is -0.0134. The van der Waals surface area contributed by atoms with Crippen LogP contribution in [0.1, 0.15) is 41.3 Å². The SMILES string of the molecule is Cc1ccc(C(N)C(C)c2ccccn2)c(C)c1. The summed E-state index contributed by atoms with van der Waals surface area (Å²) in [5, 5.41) is 0. The molecule has 2 heteroatoms. The second-order valence-electron chi connectivity index (χ2n) is 4.93. The van der Waals surface area contributed by atoms with E-state index < -0.39 is 0 Å². The zero-order valence-electron chi connectivity index (χ0n) is 11.2. The number of hydrogen-bond acceptors (Lipinski definition) is 2. The molecule has 1 heterocycles. The van der Waals surface area contributed by atoms with Crippen LogP contribution < -0.4 is 5.73 Å². The smallest absolute Gasteiger partial charge is 0.0450 e. The molecule has 94 valence electrons. The van der Waals surface area contributed by atoms with Gasteiger partial charge in [-0.1, -0.05) is 36.8 Å². The van der Waals surface area contributed by atoms with E-state index in [0.717, 1.165) is 5.69 Å². The highest BCUT2D eigenvalue weighted by molar-refractivity contribution is 5.34. The van der Waals surface area contributed by atoms with Gasteiger partial charge in [-0.15, -0.1) is 0 Å². The van der Waals surface area contributed by atoms with Gasteiger partial charge in [0.05, 0.1) is 0 Å². The number of benzene rings is 1. The van der Waals surface area contributed by atoms with Crippen molar-refractivity contribution < 1.29 is 0 Å². The summed E-state index contributed by atoms with van der Waals surface area (Å²) in [5.41, 5.74) is 11.2. The molecular formula is C16H20N2. The van der Waals surface area contributed by atoms with Gasteiger partial charge in [0.25, 0.3) is 0 Å². The minimum absolute atomic E-state index is 0.0134. The number of nitrogens with zero attached hydrogens (tertiary/aromatic N) is 1. The quantitative estimate of drug-likeness (QED) is 0.891. The van der Waals surface area contributed by atoms with Gasteiger partial charge in [0.2, 0.25) is 0 Å². The summed E-state index contributed by atoms with van der Waals surface area (Å²) in [6, 6.07) is 12.4. The summed E-state index contributed by atoms with van der Waals surface area (Å²) in [6.07, 6.45) is 1.82. The normalized spacial score (nSPS) is 14.2. The second-order valence-corrected chi connectivity index (χ2v) is 4.93. The van der Waals surface area contributed by atoms with Crippen molar-refractivity contribution in [1.82, 2.24) is 4.98 Å². The van der Waals surface area contributed by atoms with Gasteiger partial charge >= 0.3 is 0 Å². The first kappa shape index (κ1) is 12.8.